The first-order valence-electron chi connectivity index (χ1n) is 9.74. The number of rotatable bonds is 7. The van der Waals surface area contributed by atoms with Crippen LogP contribution in [-0.4, -0.2) is 46.5 Å². The number of aliphatic hydroxyl groups is 2. The number of nitrogens with zero attached hydrogens (tertiary/aromatic N) is 3. The third kappa shape index (κ3) is 6.33. The second-order valence-corrected chi connectivity index (χ2v) is 9.53. The quantitative estimate of drug-likeness (QED) is 0.334. The maximum atomic E-state index is 15.0. The van der Waals surface area contributed by atoms with E-state index < -0.39 is 44.4 Å². The van der Waals surface area contributed by atoms with Crippen LogP contribution in [0.5, 0.6) is 0 Å². The fourth-order valence-corrected chi connectivity index (χ4v) is 4.65. The Bertz CT molecular complexity index is 1410. The van der Waals surface area contributed by atoms with Crippen molar-refractivity contribution in [2.24, 2.45) is 0 Å². The Labute approximate surface area is 209 Å². The van der Waals surface area contributed by atoms with Crippen molar-refractivity contribution in [1.82, 2.24) is 15.2 Å². The van der Waals surface area contributed by atoms with Crippen molar-refractivity contribution >= 4 is 44.9 Å². The van der Waals surface area contributed by atoms with Crippen LogP contribution in [0.15, 0.2) is 35.4 Å². The van der Waals surface area contributed by atoms with E-state index in [1.165, 1.54) is 12.3 Å². The molecule has 0 aliphatic rings. The van der Waals surface area contributed by atoms with Crippen LogP contribution in [0.25, 0.3) is 0 Å². The van der Waals surface area contributed by atoms with Gasteiger partial charge in [0.15, 0.2) is 11.5 Å². The maximum absolute atomic E-state index is 15.0. The molecule has 0 unspecified atom stereocenters. The lowest BCUT2D eigenvalue weighted by molar-refractivity contribution is 0.281. The molecular weight excluding hydrogens is 527 g/mol. The second-order valence-electron chi connectivity index (χ2n) is 7.07. The lowest BCUT2D eigenvalue weighted by atomic mass is 10.1. The molecule has 0 radical (unpaired) electrons. The third-order valence-electron chi connectivity index (χ3n) is 4.40. The molecule has 4 N–H and O–H groups in total. The number of benzene rings is 2. The average Bonchev–Trinajstić information content (AvgIpc) is 2.82. The van der Waals surface area contributed by atoms with E-state index in [1.54, 1.807) is 6.92 Å². The number of aliphatic hydroxyl groups excluding tert-OH is 2. The molecule has 0 amide bonds. The molecule has 0 saturated carbocycles. The highest BCUT2D eigenvalue weighted by Crippen LogP contribution is 2.32. The van der Waals surface area contributed by atoms with E-state index in [0.717, 1.165) is 18.2 Å². The van der Waals surface area contributed by atoms with Gasteiger partial charge < -0.3 is 15.5 Å². The molecule has 3 rings (SSSR count). The summed E-state index contributed by atoms with van der Waals surface area (Å²) in [6, 6.07) is 3.70. The highest BCUT2D eigenvalue weighted by molar-refractivity contribution is 7.92. The maximum Gasteiger partial charge on any atom is 0.263 e. The van der Waals surface area contributed by atoms with Crippen molar-refractivity contribution in [2.75, 3.05) is 16.6 Å². The van der Waals surface area contributed by atoms with Gasteiger partial charge in [-0.25, -0.2) is 22.2 Å². The molecule has 0 aliphatic heterocycles. The Kier molecular flexibility index (Phi) is 8.42. The molecule has 3 aromatic rings. The molecule has 2 aromatic carbocycles. The molecule has 0 fully saturated rings. The zero-order valence-corrected chi connectivity index (χ0v) is 20.2. The van der Waals surface area contributed by atoms with E-state index in [4.69, 9.17) is 28.3 Å². The van der Waals surface area contributed by atoms with Gasteiger partial charge in [-0.2, -0.15) is 0 Å². The molecule has 1 aromatic heterocycles. The number of aromatic nitrogens is 3. The summed E-state index contributed by atoms with van der Waals surface area (Å²) in [5.41, 5.74) is -1.29. The van der Waals surface area contributed by atoms with E-state index in [1.807, 2.05) is 4.72 Å². The minimum absolute atomic E-state index is 0.0146. The van der Waals surface area contributed by atoms with Gasteiger partial charge >= 0.3 is 0 Å². The Hall–Kier alpha value is -3.08. The Morgan fingerprint density at radius 2 is 1.89 bits per heavy atom. The SMILES string of the molecule is C[C@H](CO)Nc1ncc(C#Cc2c(F)ccc(NS(=O)(=O)c3cc(Cl)cc(CO)c3Cl)c2F)nn1. The highest BCUT2D eigenvalue weighted by Gasteiger charge is 2.24. The minimum atomic E-state index is -4.48. The summed E-state index contributed by atoms with van der Waals surface area (Å²) in [6.45, 7) is 0.952. The minimum Gasteiger partial charge on any atom is -0.394 e. The molecule has 35 heavy (non-hydrogen) atoms. The molecule has 0 aliphatic carbocycles. The van der Waals surface area contributed by atoms with Crippen LogP contribution < -0.4 is 10.0 Å². The lowest BCUT2D eigenvalue weighted by Gasteiger charge is -2.13. The van der Waals surface area contributed by atoms with Gasteiger partial charge in [0, 0.05) is 11.1 Å². The summed E-state index contributed by atoms with van der Waals surface area (Å²) in [5.74, 6) is 2.46. The summed E-state index contributed by atoms with van der Waals surface area (Å²) in [5, 5.41) is 28.3. The Morgan fingerprint density at radius 1 is 1.14 bits per heavy atom. The summed E-state index contributed by atoms with van der Waals surface area (Å²) in [6.07, 6.45) is 1.20. The van der Waals surface area contributed by atoms with Crippen molar-refractivity contribution in [3.05, 3.63) is 69.0 Å². The summed E-state index contributed by atoms with van der Waals surface area (Å²) in [4.78, 5) is 3.43. The molecule has 9 nitrogen and oxygen atoms in total. The molecule has 1 heterocycles. The molecule has 14 heteroatoms. The van der Waals surface area contributed by atoms with Crippen LogP contribution >= 0.6 is 23.2 Å². The average molecular weight is 544 g/mol. The molecule has 184 valence electrons. The standard InChI is InChI=1S/C21H17Cl2F2N5O4S/c1-11(9-31)27-21-26-8-14(28-29-21)2-3-15-16(24)4-5-17(20(15)25)30-35(33,34)18-7-13(22)6-12(10-32)19(18)23/h4-8,11,30-32H,9-10H2,1H3,(H,26,27,29)/t11-/m1/s1. The monoisotopic (exact) mass is 543 g/mol. The molecule has 1 atom stereocenters. The fourth-order valence-electron chi connectivity index (χ4n) is 2.67. The molecule has 0 spiro atoms. The number of halogens is 4. The predicted molar refractivity (Wildman–Crippen MR) is 126 cm³/mol. The Morgan fingerprint density at radius 3 is 2.51 bits per heavy atom. The van der Waals surface area contributed by atoms with Crippen molar-refractivity contribution < 1.29 is 27.4 Å². The van der Waals surface area contributed by atoms with Gasteiger partial charge in [0.2, 0.25) is 5.95 Å². The predicted octanol–water partition coefficient (Wildman–Crippen LogP) is 2.94. The van der Waals surface area contributed by atoms with Gasteiger partial charge in [-0.05, 0) is 42.7 Å². The number of nitrogens with one attached hydrogen (secondary N) is 2. The first-order chi connectivity index (χ1) is 16.6. The number of hydrogen-bond donors (Lipinski definition) is 4. The smallest absolute Gasteiger partial charge is 0.263 e. The fraction of sp³-hybridized carbons (Fsp3) is 0.190. The van der Waals surface area contributed by atoms with Crippen molar-refractivity contribution in [1.29, 1.82) is 0 Å². The highest BCUT2D eigenvalue weighted by atomic mass is 35.5. The van der Waals surface area contributed by atoms with Crippen LogP contribution in [0.2, 0.25) is 10.0 Å². The summed E-state index contributed by atoms with van der Waals surface area (Å²) < 4.78 is 56.9. The van der Waals surface area contributed by atoms with Gasteiger partial charge in [-0.3, -0.25) is 4.72 Å². The first-order valence-corrected chi connectivity index (χ1v) is 12.0. The van der Waals surface area contributed by atoms with Gasteiger partial charge in [0.25, 0.3) is 10.0 Å². The van der Waals surface area contributed by atoms with E-state index in [9.17, 15) is 17.9 Å². The third-order valence-corrected chi connectivity index (χ3v) is 6.57. The van der Waals surface area contributed by atoms with Gasteiger partial charge in [-0.1, -0.05) is 29.1 Å². The summed E-state index contributed by atoms with van der Waals surface area (Å²) >= 11 is 11.9. The normalized spacial score (nSPS) is 12.0. The number of anilines is 2. The topological polar surface area (TPSA) is 137 Å². The number of sulfonamides is 1. The Balaban J connectivity index is 1.91. The van der Waals surface area contributed by atoms with Gasteiger partial charge in [0.1, 0.15) is 10.7 Å². The van der Waals surface area contributed by atoms with Gasteiger partial charge in [0.05, 0.1) is 35.7 Å². The first kappa shape index (κ1) is 26.5. The van der Waals surface area contributed by atoms with Crippen LogP contribution in [0, 0.1) is 23.5 Å². The molecular formula is C21H17Cl2F2N5O4S. The van der Waals surface area contributed by atoms with Crippen molar-refractivity contribution in [3.8, 4) is 11.8 Å². The van der Waals surface area contributed by atoms with E-state index >= 15 is 4.39 Å². The van der Waals surface area contributed by atoms with Crippen molar-refractivity contribution in [3.63, 3.8) is 0 Å². The molecule has 0 bridgehead atoms. The van der Waals surface area contributed by atoms with Crippen LogP contribution in [0.3, 0.4) is 0 Å². The van der Waals surface area contributed by atoms with Crippen LogP contribution in [-0.2, 0) is 16.6 Å². The largest absolute Gasteiger partial charge is 0.394 e. The lowest BCUT2D eigenvalue weighted by Crippen LogP contribution is -2.21. The summed E-state index contributed by atoms with van der Waals surface area (Å²) in [7, 11) is -4.48. The zero-order valence-electron chi connectivity index (χ0n) is 17.9. The van der Waals surface area contributed by atoms with E-state index in [-0.39, 0.29) is 39.9 Å². The molecule has 0 saturated heterocycles. The van der Waals surface area contributed by atoms with Gasteiger partial charge in [-0.15, -0.1) is 10.2 Å². The van der Waals surface area contributed by atoms with E-state index in [2.05, 4.69) is 32.3 Å². The van der Waals surface area contributed by atoms with Crippen LogP contribution in [0.1, 0.15) is 23.7 Å². The second kappa shape index (κ2) is 11.1. The number of hydrogen-bond acceptors (Lipinski definition) is 8. The van der Waals surface area contributed by atoms with Crippen molar-refractivity contribution in [2.45, 2.75) is 24.5 Å². The van der Waals surface area contributed by atoms with E-state index in [0.29, 0.717) is 0 Å². The zero-order chi connectivity index (χ0) is 25.8. The van der Waals surface area contributed by atoms with Crippen LogP contribution in [0.4, 0.5) is 20.4 Å².